The lowest BCUT2D eigenvalue weighted by Gasteiger charge is -2.24. The van der Waals surface area contributed by atoms with Crippen LogP contribution in [0.3, 0.4) is 0 Å². The molecule has 7 nitrogen and oxygen atoms in total. The van der Waals surface area contributed by atoms with Crippen molar-refractivity contribution in [2.75, 3.05) is 32.6 Å². The third-order valence-corrected chi connectivity index (χ3v) is 4.23. The van der Waals surface area contributed by atoms with Crippen LogP contribution in [0.25, 0.3) is 0 Å². The molecule has 2 N–H and O–H groups in total. The minimum atomic E-state index is -0.735. The number of carbonyl (C=O) groups is 2. The Morgan fingerprint density at radius 1 is 1.28 bits per heavy atom. The Balaban J connectivity index is 1.80. The first-order chi connectivity index (χ1) is 12.0. The van der Waals surface area contributed by atoms with E-state index in [1.807, 2.05) is 0 Å². The van der Waals surface area contributed by atoms with Crippen LogP contribution in [0.4, 0.5) is 5.69 Å². The van der Waals surface area contributed by atoms with Gasteiger partial charge in [-0.3, -0.25) is 14.5 Å². The van der Waals surface area contributed by atoms with E-state index in [-0.39, 0.29) is 24.9 Å². The van der Waals surface area contributed by atoms with E-state index in [1.54, 1.807) is 43.3 Å². The lowest BCUT2D eigenvalue weighted by atomic mass is 10.00. The van der Waals surface area contributed by atoms with Crippen LogP contribution in [0.2, 0.25) is 0 Å². The number of hydrogen-bond donors (Lipinski definition) is 2. The molecule has 0 aromatic heterocycles. The maximum Gasteiger partial charge on any atom is 0.238 e. The molecule has 0 saturated heterocycles. The third kappa shape index (κ3) is 5.47. The van der Waals surface area contributed by atoms with E-state index in [0.717, 1.165) is 12.8 Å². The Labute approximate surface area is 147 Å². The highest BCUT2D eigenvalue weighted by atomic mass is 16.5. The van der Waals surface area contributed by atoms with Crippen molar-refractivity contribution >= 4 is 17.5 Å². The van der Waals surface area contributed by atoms with Gasteiger partial charge in [-0.15, -0.1) is 0 Å². The van der Waals surface area contributed by atoms with Crippen molar-refractivity contribution in [3.63, 3.8) is 0 Å². The third-order valence-electron chi connectivity index (χ3n) is 4.23. The fraction of sp³-hybridized carbons (Fsp3) is 0.500. The number of likely N-dealkylation sites (N-methyl/N-ethyl adjacent to an activating group) is 1. The Hall–Kier alpha value is -2.59. The molecule has 1 aromatic carbocycles. The van der Waals surface area contributed by atoms with Crippen molar-refractivity contribution in [2.45, 2.75) is 31.2 Å². The monoisotopic (exact) mass is 344 g/mol. The highest BCUT2D eigenvalue weighted by molar-refractivity contribution is 5.92. The van der Waals surface area contributed by atoms with Crippen molar-refractivity contribution in [2.24, 2.45) is 0 Å². The topological polar surface area (TPSA) is 94.5 Å². The van der Waals surface area contributed by atoms with Crippen LogP contribution in [-0.2, 0) is 9.59 Å². The molecule has 7 heteroatoms. The van der Waals surface area contributed by atoms with Crippen molar-refractivity contribution in [3.05, 3.63) is 24.3 Å². The Morgan fingerprint density at radius 3 is 2.60 bits per heavy atom. The van der Waals surface area contributed by atoms with E-state index in [0.29, 0.717) is 24.3 Å². The molecule has 0 spiro atoms. The fourth-order valence-electron chi connectivity index (χ4n) is 3.00. The number of benzene rings is 1. The highest BCUT2D eigenvalue weighted by Gasteiger charge is 2.35. The van der Waals surface area contributed by atoms with Gasteiger partial charge < -0.3 is 15.4 Å². The largest absolute Gasteiger partial charge is 0.497 e. The molecule has 0 unspecified atom stereocenters. The summed E-state index contributed by atoms with van der Waals surface area (Å²) in [5.74, 6) is 0.198. The normalized spacial score (nSPS) is 15.4. The zero-order valence-electron chi connectivity index (χ0n) is 14.7. The summed E-state index contributed by atoms with van der Waals surface area (Å²) in [5, 5.41) is 14.9. The molecule has 1 aliphatic rings. The number of anilines is 1. The molecule has 2 amide bonds. The number of methoxy groups -OCH3 is 1. The van der Waals surface area contributed by atoms with Crippen LogP contribution in [0.1, 0.15) is 25.7 Å². The summed E-state index contributed by atoms with van der Waals surface area (Å²) >= 11 is 0. The minimum absolute atomic E-state index is 0.0644. The summed E-state index contributed by atoms with van der Waals surface area (Å²) in [6.07, 6.45) is 3.28. The van der Waals surface area contributed by atoms with Crippen molar-refractivity contribution in [1.82, 2.24) is 10.2 Å². The zero-order chi connectivity index (χ0) is 18.3. The summed E-state index contributed by atoms with van der Waals surface area (Å²) in [5.41, 5.74) is -0.0996. The zero-order valence-corrected chi connectivity index (χ0v) is 14.7. The van der Waals surface area contributed by atoms with Gasteiger partial charge in [0, 0.05) is 11.8 Å². The van der Waals surface area contributed by atoms with Gasteiger partial charge >= 0.3 is 0 Å². The summed E-state index contributed by atoms with van der Waals surface area (Å²) in [6.45, 7) is 0.138. The minimum Gasteiger partial charge on any atom is -0.497 e. The van der Waals surface area contributed by atoms with Crippen LogP contribution in [-0.4, -0.2) is 49.5 Å². The van der Waals surface area contributed by atoms with Gasteiger partial charge in [-0.05, 0) is 44.9 Å². The van der Waals surface area contributed by atoms with E-state index in [9.17, 15) is 14.9 Å². The maximum atomic E-state index is 12.1. The van der Waals surface area contributed by atoms with Gasteiger partial charge in [-0.25, -0.2) is 0 Å². The number of nitrogens with zero attached hydrogens (tertiary/aromatic N) is 2. The smallest absolute Gasteiger partial charge is 0.238 e. The quantitative estimate of drug-likeness (QED) is 0.782. The van der Waals surface area contributed by atoms with E-state index < -0.39 is 5.54 Å². The number of amides is 2. The number of nitriles is 1. The van der Waals surface area contributed by atoms with Gasteiger partial charge in [0.05, 0.1) is 26.3 Å². The van der Waals surface area contributed by atoms with Gasteiger partial charge in [-0.2, -0.15) is 5.26 Å². The average molecular weight is 344 g/mol. The van der Waals surface area contributed by atoms with Crippen LogP contribution in [0.5, 0.6) is 5.75 Å². The predicted molar refractivity (Wildman–Crippen MR) is 94.1 cm³/mol. The number of ether oxygens (including phenoxy) is 1. The molecule has 2 rings (SSSR count). The Morgan fingerprint density at radius 2 is 1.96 bits per heavy atom. The summed E-state index contributed by atoms with van der Waals surface area (Å²) in [6, 6.07) is 9.29. The number of nitrogens with one attached hydrogen (secondary N) is 2. The van der Waals surface area contributed by atoms with Gasteiger partial charge in [0.2, 0.25) is 11.8 Å². The number of carbonyl (C=O) groups excluding carboxylic acids is 2. The molecule has 0 bridgehead atoms. The van der Waals surface area contributed by atoms with Gasteiger partial charge in [-0.1, -0.05) is 6.07 Å². The molecule has 0 radical (unpaired) electrons. The van der Waals surface area contributed by atoms with E-state index in [1.165, 1.54) is 0 Å². The van der Waals surface area contributed by atoms with E-state index in [2.05, 4.69) is 16.7 Å². The SMILES string of the molecule is COc1cccc(NC(=O)CN(C)CC(=O)NC2(C#N)CCCC2)c1. The van der Waals surface area contributed by atoms with E-state index >= 15 is 0 Å². The number of rotatable bonds is 7. The molecule has 0 atom stereocenters. The molecular weight excluding hydrogens is 320 g/mol. The fourth-order valence-corrected chi connectivity index (χ4v) is 3.00. The summed E-state index contributed by atoms with van der Waals surface area (Å²) < 4.78 is 5.11. The highest BCUT2D eigenvalue weighted by Crippen LogP contribution is 2.28. The maximum absolute atomic E-state index is 12.1. The van der Waals surface area contributed by atoms with E-state index in [4.69, 9.17) is 4.74 Å². The van der Waals surface area contributed by atoms with Crippen molar-refractivity contribution in [3.8, 4) is 11.8 Å². The standard InChI is InChI=1S/C18H24N4O3/c1-22(12-17(24)21-18(13-19)8-3-4-9-18)11-16(23)20-14-6-5-7-15(10-14)25-2/h5-7,10H,3-4,8-9,11-12H2,1-2H3,(H,20,23)(H,21,24). The van der Waals surface area contributed by atoms with Gasteiger partial charge in [0.15, 0.2) is 0 Å². The molecule has 134 valence electrons. The molecule has 1 saturated carbocycles. The molecule has 0 aliphatic heterocycles. The lowest BCUT2D eigenvalue weighted by molar-refractivity contribution is -0.124. The van der Waals surface area contributed by atoms with Crippen LogP contribution in [0.15, 0.2) is 24.3 Å². The van der Waals surface area contributed by atoms with Crippen molar-refractivity contribution in [1.29, 1.82) is 5.26 Å². The second-order valence-corrected chi connectivity index (χ2v) is 6.40. The molecule has 25 heavy (non-hydrogen) atoms. The first kappa shape index (κ1) is 18.7. The first-order valence-electron chi connectivity index (χ1n) is 8.31. The van der Waals surface area contributed by atoms with Gasteiger partial charge in [0.25, 0.3) is 0 Å². The first-order valence-corrected chi connectivity index (χ1v) is 8.31. The van der Waals surface area contributed by atoms with Gasteiger partial charge in [0.1, 0.15) is 11.3 Å². The molecular formula is C18H24N4O3. The molecule has 1 aliphatic carbocycles. The van der Waals surface area contributed by atoms with Crippen molar-refractivity contribution < 1.29 is 14.3 Å². The summed E-state index contributed by atoms with van der Waals surface area (Å²) in [7, 11) is 3.25. The Bertz CT molecular complexity index is 663. The molecule has 0 heterocycles. The van der Waals surface area contributed by atoms with Crippen LogP contribution >= 0.6 is 0 Å². The number of hydrogen-bond acceptors (Lipinski definition) is 5. The summed E-state index contributed by atoms with van der Waals surface area (Å²) in [4.78, 5) is 25.9. The lowest BCUT2D eigenvalue weighted by Crippen LogP contribution is -2.49. The second kappa shape index (κ2) is 8.49. The molecule has 1 fully saturated rings. The Kier molecular flexibility index (Phi) is 6.37. The molecule has 1 aromatic rings. The van der Waals surface area contributed by atoms with Crippen LogP contribution in [0, 0.1) is 11.3 Å². The predicted octanol–water partition coefficient (Wildman–Crippen LogP) is 1.52. The average Bonchev–Trinajstić information content (AvgIpc) is 3.03. The second-order valence-electron chi connectivity index (χ2n) is 6.40. The van der Waals surface area contributed by atoms with Crippen LogP contribution < -0.4 is 15.4 Å².